The third-order valence-electron chi connectivity index (χ3n) is 2.50. The Morgan fingerprint density at radius 3 is 2.80 bits per heavy atom. The highest BCUT2D eigenvalue weighted by Crippen LogP contribution is 2.33. The molecule has 1 heterocycles. The number of hydrogen-bond acceptors (Lipinski definition) is 1. The second-order valence-corrected chi connectivity index (χ2v) is 4.35. The van der Waals surface area contributed by atoms with Crippen LogP contribution < -0.4 is 0 Å². The smallest absolute Gasteiger partial charge is 0.0349 e. The molecule has 1 heteroatoms. The molecule has 0 fully saturated rings. The van der Waals surface area contributed by atoms with E-state index in [1.807, 2.05) is 18.2 Å². The summed E-state index contributed by atoms with van der Waals surface area (Å²) in [6.45, 7) is 0. The van der Waals surface area contributed by atoms with Gasteiger partial charge in [-0.05, 0) is 29.1 Å². The summed E-state index contributed by atoms with van der Waals surface area (Å²) in [5.41, 5.74) is 2.56. The zero-order valence-electron chi connectivity index (χ0n) is 8.10. The maximum atomic E-state index is 3.12. The summed E-state index contributed by atoms with van der Waals surface area (Å²) in [7, 11) is 0. The Balaban J connectivity index is 2.28. The molecular formula is C14H9S. The molecule has 0 amide bonds. The van der Waals surface area contributed by atoms with Gasteiger partial charge in [-0.2, -0.15) is 0 Å². The van der Waals surface area contributed by atoms with E-state index >= 15 is 0 Å². The maximum absolute atomic E-state index is 3.12. The van der Waals surface area contributed by atoms with Gasteiger partial charge in [-0.3, -0.25) is 0 Å². The van der Waals surface area contributed by atoms with E-state index in [1.54, 1.807) is 11.3 Å². The van der Waals surface area contributed by atoms with Gasteiger partial charge in [-0.1, -0.05) is 36.4 Å². The highest BCUT2D eigenvalue weighted by Gasteiger charge is 2.04. The molecule has 1 radical (unpaired) electrons. The van der Waals surface area contributed by atoms with Crippen LogP contribution in [-0.4, -0.2) is 0 Å². The minimum absolute atomic E-state index is 1.25. The monoisotopic (exact) mass is 209 g/mol. The average Bonchev–Trinajstić information content (AvgIpc) is 2.74. The highest BCUT2D eigenvalue weighted by atomic mass is 32.1. The van der Waals surface area contributed by atoms with Gasteiger partial charge >= 0.3 is 0 Å². The number of thiophene rings is 1. The van der Waals surface area contributed by atoms with Gasteiger partial charge in [-0.25, -0.2) is 0 Å². The van der Waals surface area contributed by atoms with E-state index in [0.29, 0.717) is 0 Å². The second kappa shape index (κ2) is 3.52. The average molecular weight is 209 g/mol. The molecule has 0 nitrogen and oxygen atoms in total. The third kappa shape index (κ3) is 1.45. The molecule has 0 aliphatic carbocycles. The molecule has 0 atom stereocenters. The van der Waals surface area contributed by atoms with E-state index in [0.717, 1.165) is 0 Å². The topological polar surface area (TPSA) is 0 Å². The fourth-order valence-electron chi connectivity index (χ4n) is 1.76. The minimum Gasteiger partial charge on any atom is -0.143 e. The van der Waals surface area contributed by atoms with Crippen molar-refractivity contribution in [1.82, 2.24) is 0 Å². The molecule has 3 rings (SSSR count). The summed E-state index contributed by atoms with van der Waals surface area (Å²) < 4.78 is 1.34. The van der Waals surface area contributed by atoms with Gasteiger partial charge in [-0.15, -0.1) is 11.3 Å². The van der Waals surface area contributed by atoms with Gasteiger partial charge in [0, 0.05) is 15.6 Å². The van der Waals surface area contributed by atoms with Gasteiger partial charge < -0.3 is 0 Å². The summed E-state index contributed by atoms with van der Waals surface area (Å²) in [6.07, 6.45) is 0. The summed E-state index contributed by atoms with van der Waals surface area (Å²) >= 11 is 1.79. The van der Waals surface area contributed by atoms with Crippen LogP contribution in [0.25, 0.3) is 21.2 Å². The molecule has 0 saturated heterocycles. The van der Waals surface area contributed by atoms with Crippen LogP contribution in [0.4, 0.5) is 0 Å². The first-order valence-electron chi connectivity index (χ1n) is 4.88. The predicted molar refractivity (Wildman–Crippen MR) is 66.1 cm³/mol. The fraction of sp³-hybridized carbons (Fsp3) is 0. The van der Waals surface area contributed by atoms with Crippen LogP contribution in [0.3, 0.4) is 0 Å². The summed E-state index contributed by atoms with van der Waals surface area (Å²) in [4.78, 5) is 0. The van der Waals surface area contributed by atoms with Crippen LogP contribution >= 0.6 is 11.3 Å². The molecule has 2 aromatic carbocycles. The molecule has 0 aliphatic heterocycles. The first-order valence-corrected chi connectivity index (χ1v) is 5.76. The van der Waals surface area contributed by atoms with Crippen LogP contribution in [0.2, 0.25) is 0 Å². The molecule has 1 aromatic heterocycles. The van der Waals surface area contributed by atoms with Crippen LogP contribution in [-0.2, 0) is 0 Å². The molecule has 3 aromatic rings. The van der Waals surface area contributed by atoms with Crippen molar-refractivity contribution in [3.05, 3.63) is 60.0 Å². The Kier molecular flexibility index (Phi) is 2.04. The lowest BCUT2D eigenvalue weighted by Crippen LogP contribution is -1.73. The van der Waals surface area contributed by atoms with Crippen molar-refractivity contribution in [2.45, 2.75) is 0 Å². The number of fused-ring (bicyclic) bond motifs is 1. The lowest BCUT2D eigenvalue weighted by molar-refractivity contribution is 1.67. The Morgan fingerprint density at radius 2 is 1.93 bits per heavy atom. The molecule has 71 valence electrons. The second-order valence-electron chi connectivity index (χ2n) is 3.44. The molecule has 0 unspecified atom stereocenters. The maximum Gasteiger partial charge on any atom is 0.0349 e. The normalized spacial score (nSPS) is 10.7. The number of benzene rings is 2. The summed E-state index contributed by atoms with van der Waals surface area (Å²) in [5.74, 6) is 0. The van der Waals surface area contributed by atoms with Gasteiger partial charge in [0.15, 0.2) is 0 Å². The van der Waals surface area contributed by atoms with Crippen molar-refractivity contribution in [2.24, 2.45) is 0 Å². The molecule has 0 saturated carbocycles. The molecule has 15 heavy (non-hydrogen) atoms. The SMILES string of the molecule is [c]1cccc(-c2csc3ccccc23)c1. The molecule has 0 N–H and O–H groups in total. The van der Waals surface area contributed by atoms with Crippen molar-refractivity contribution in [3.63, 3.8) is 0 Å². The first-order chi connectivity index (χ1) is 7.45. The van der Waals surface area contributed by atoms with Crippen LogP contribution in [0.15, 0.2) is 53.9 Å². The van der Waals surface area contributed by atoms with Crippen molar-refractivity contribution < 1.29 is 0 Å². The van der Waals surface area contributed by atoms with E-state index < -0.39 is 0 Å². The zero-order chi connectivity index (χ0) is 10.1. The largest absolute Gasteiger partial charge is 0.143 e. The fourth-order valence-corrected chi connectivity index (χ4v) is 2.73. The lowest BCUT2D eigenvalue weighted by Gasteiger charge is -1.98. The summed E-state index contributed by atoms with van der Waals surface area (Å²) in [6, 6.07) is 19.8. The molecule has 0 aliphatic rings. The Hall–Kier alpha value is -1.60. The Labute approximate surface area is 92.8 Å². The van der Waals surface area contributed by atoms with Crippen molar-refractivity contribution in [1.29, 1.82) is 0 Å². The number of hydrogen-bond donors (Lipinski definition) is 0. The molecule has 0 bridgehead atoms. The predicted octanol–water partition coefficient (Wildman–Crippen LogP) is 4.37. The van der Waals surface area contributed by atoms with Gasteiger partial charge in [0.25, 0.3) is 0 Å². The van der Waals surface area contributed by atoms with Crippen molar-refractivity contribution in [2.75, 3.05) is 0 Å². The van der Waals surface area contributed by atoms with E-state index in [1.165, 1.54) is 21.2 Å². The summed E-state index contributed by atoms with van der Waals surface area (Å²) in [5, 5.41) is 3.55. The quantitative estimate of drug-likeness (QED) is 0.558. The molecule has 0 spiro atoms. The van der Waals surface area contributed by atoms with E-state index in [2.05, 4.69) is 41.8 Å². The number of rotatable bonds is 1. The highest BCUT2D eigenvalue weighted by molar-refractivity contribution is 7.17. The van der Waals surface area contributed by atoms with Gasteiger partial charge in [0.1, 0.15) is 0 Å². The van der Waals surface area contributed by atoms with Gasteiger partial charge in [0.05, 0.1) is 0 Å². The first kappa shape index (κ1) is 8.69. The lowest BCUT2D eigenvalue weighted by atomic mass is 10.1. The minimum atomic E-state index is 1.25. The zero-order valence-corrected chi connectivity index (χ0v) is 8.92. The van der Waals surface area contributed by atoms with Crippen LogP contribution in [0.5, 0.6) is 0 Å². The van der Waals surface area contributed by atoms with E-state index in [-0.39, 0.29) is 0 Å². The standard InChI is InChI=1S/C14H9S/c1-2-6-11(7-3-1)13-10-15-14-9-5-4-8-12(13)14/h1-2,4-10H. The van der Waals surface area contributed by atoms with Crippen molar-refractivity contribution >= 4 is 21.4 Å². The molecular weight excluding hydrogens is 200 g/mol. The van der Waals surface area contributed by atoms with Crippen LogP contribution in [0, 0.1) is 6.07 Å². The van der Waals surface area contributed by atoms with E-state index in [9.17, 15) is 0 Å². The Bertz CT molecular complexity index is 578. The Morgan fingerprint density at radius 1 is 1.00 bits per heavy atom. The van der Waals surface area contributed by atoms with Crippen molar-refractivity contribution in [3.8, 4) is 11.1 Å². The van der Waals surface area contributed by atoms with E-state index in [4.69, 9.17) is 0 Å². The van der Waals surface area contributed by atoms with Gasteiger partial charge in [0.2, 0.25) is 0 Å². The third-order valence-corrected chi connectivity index (χ3v) is 3.46. The van der Waals surface area contributed by atoms with Crippen LogP contribution in [0.1, 0.15) is 0 Å².